The molecule has 0 saturated carbocycles. The lowest BCUT2D eigenvalue weighted by Gasteiger charge is -2.39. The van der Waals surface area contributed by atoms with Gasteiger partial charge in [0.25, 0.3) is 0 Å². The molecule has 0 aromatic rings. The number of carbonyl (C=O) groups is 1. The van der Waals surface area contributed by atoms with Gasteiger partial charge in [-0.3, -0.25) is 4.79 Å². The number of aliphatic carboxylic acids is 1. The molecule has 5 unspecified atom stereocenters. The molecule has 0 aliphatic carbocycles. The third kappa shape index (κ3) is 2.89. The van der Waals surface area contributed by atoms with Crippen molar-refractivity contribution in [1.29, 1.82) is 0 Å². The maximum atomic E-state index is 10.4. The highest BCUT2D eigenvalue weighted by atomic mass is 16.7. The van der Waals surface area contributed by atoms with Gasteiger partial charge in [0.2, 0.25) is 0 Å². The molecule has 0 amide bonds. The Bertz CT molecular complexity index is 242. The van der Waals surface area contributed by atoms with Crippen LogP contribution in [0.4, 0.5) is 0 Å². The molecule has 1 aliphatic heterocycles. The molecular formula is C9H16O7. The third-order valence-electron chi connectivity index (χ3n) is 2.54. The summed E-state index contributed by atoms with van der Waals surface area (Å²) in [7, 11) is 1.28. The smallest absolute Gasteiger partial charge is 0.303 e. The van der Waals surface area contributed by atoms with Crippen LogP contribution in [-0.2, 0) is 14.3 Å². The first-order valence-electron chi connectivity index (χ1n) is 4.91. The van der Waals surface area contributed by atoms with Crippen molar-refractivity contribution in [3.8, 4) is 0 Å². The summed E-state index contributed by atoms with van der Waals surface area (Å²) in [6, 6.07) is 0. The van der Waals surface area contributed by atoms with E-state index in [0.29, 0.717) is 0 Å². The van der Waals surface area contributed by atoms with Gasteiger partial charge in [-0.05, 0) is 6.42 Å². The molecule has 0 spiro atoms. The van der Waals surface area contributed by atoms with Gasteiger partial charge in [0, 0.05) is 13.5 Å². The molecule has 1 aliphatic rings. The summed E-state index contributed by atoms with van der Waals surface area (Å²) in [4.78, 5) is 10.4. The minimum absolute atomic E-state index is 0.0418. The number of hydrogen-bond donors (Lipinski definition) is 4. The summed E-state index contributed by atoms with van der Waals surface area (Å²) in [5.74, 6) is -1.02. The Balaban J connectivity index is 2.60. The van der Waals surface area contributed by atoms with Crippen molar-refractivity contribution < 1.29 is 34.7 Å². The molecule has 7 nitrogen and oxygen atoms in total. The first kappa shape index (κ1) is 13.3. The number of ether oxygens (including phenoxy) is 2. The molecule has 5 atom stereocenters. The number of methoxy groups -OCH3 is 1. The van der Waals surface area contributed by atoms with Crippen molar-refractivity contribution in [2.75, 3.05) is 7.11 Å². The molecule has 1 saturated heterocycles. The van der Waals surface area contributed by atoms with Gasteiger partial charge in [0.1, 0.15) is 18.3 Å². The van der Waals surface area contributed by atoms with E-state index in [4.69, 9.17) is 14.6 Å². The summed E-state index contributed by atoms with van der Waals surface area (Å²) in [6.45, 7) is 0. The van der Waals surface area contributed by atoms with Crippen molar-refractivity contribution in [3.05, 3.63) is 0 Å². The van der Waals surface area contributed by atoms with E-state index in [9.17, 15) is 20.1 Å². The Morgan fingerprint density at radius 2 is 1.88 bits per heavy atom. The fraction of sp³-hybridized carbons (Fsp3) is 0.889. The van der Waals surface area contributed by atoms with Gasteiger partial charge >= 0.3 is 5.97 Å². The minimum Gasteiger partial charge on any atom is -0.481 e. The van der Waals surface area contributed by atoms with Crippen LogP contribution >= 0.6 is 0 Å². The Hall–Kier alpha value is -0.730. The monoisotopic (exact) mass is 236 g/mol. The van der Waals surface area contributed by atoms with Crippen LogP contribution < -0.4 is 0 Å². The molecule has 4 N–H and O–H groups in total. The lowest BCUT2D eigenvalue weighted by Crippen LogP contribution is -2.57. The third-order valence-corrected chi connectivity index (χ3v) is 2.54. The van der Waals surface area contributed by atoms with Gasteiger partial charge in [-0.25, -0.2) is 0 Å². The summed E-state index contributed by atoms with van der Waals surface area (Å²) < 4.78 is 9.90. The molecular weight excluding hydrogens is 220 g/mol. The number of carboxylic acid groups (broad SMARTS) is 1. The number of rotatable bonds is 4. The van der Waals surface area contributed by atoms with Crippen molar-refractivity contribution in [2.24, 2.45) is 0 Å². The van der Waals surface area contributed by atoms with Crippen LogP contribution in [0.25, 0.3) is 0 Å². The second-order valence-corrected chi connectivity index (χ2v) is 3.68. The molecule has 0 bridgehead atoms. The van der Waals surface area contributed by atoms with Gasteiger partial charge < -0.3 is 29.9 Å². The molecule has 1 rings (SSSR count). The highest BCUT2D eigenvalue weighted by Gasteiger charge is 2.43. The lowest BCUT2D eigenvalue weighted by molar-refractivity contribution is -0.290. The molecule has 0 radical (unpaired) electrons. The predicted octanol–water partition coefficient (Wildman–Crippen LogP) is -1.69. The SMILES string of the molecule is COC1OC(CCC(=O)O)C(O)C(O)C1O. The van der Waals surface area contributed by atoms with E-state index in [-0.39, 0.29) is 12.8 Å². The number of carboxylic acids is 1. The molecule has 0 aromatic heterocycles. The molecule has 1 fully saturated rings. The van der Waals surface area contributed by atoms with Crippen molar-refractivity contribution in [2.45, 2.75) is 43.5 Å². The van der Waals surface area contributed by atoms with Crippen LogP contribution in [0, 0.1) is 0 Å². The van der Waals surface area contributed by atoms with E-state index < -0.39 is 36.7 Å². The second-order valence-electron chi connectivity index (χ2n) is 3.68. The summed E-state index contributed by atoms with van der Waals surface area (Å²) >= 11 is 0. The van der Waals surface area contributed by atoms with Crippen LogP contribution in [0.3, 0.4) is 0 Å². The zero-order chi connectivity index (χ0) is 12.3. The van der Waals surface area contributed by atoms with E-state index in [0.717, 1.165) is 0 Å². The van der Waals surface area contributed by atoms with E-state index in [1.54, 1.807) is 0 Å². The number of aliphatic hydroxyl groups excluding tert-OH is 3. The van der Waals surface area contributed by atoms with Gasteiger partial charge in [-0.15, -0.1) is 0 Å². The molecule has 1 heterocycles. The fourth-order valence-corrected chi connectivity index (χ4v) is 1.62. The van der Waals surface area contributed by atoms with Crippen LogP contribution in [0.5, 0.6) is 0 Å². The van der Waals surface area contributed by atoms with Crippen molar-refractivity contribution in [3.63, 3.8) is 0 Å². The second kappa shape index (κ2) is 5.55. The Kier molecular flexibility index (Phi) is 4.63. The lowest BCUT2D eigenvalue weighted by atomic mass is 9.96. The minimum atomic E-state index is -1.41. The van der Waals surface area contributed by atoms with Crippen molar-refractivity contribution in [1.82, 2.24) is 0 Å². The van der Waals surface area contributed by atoms with E-state index in [1.165, 1.54) is 7.11 Å². The molecule has 94 valence electrons. The topological polar surface area (TPSA) is 116 Å². The zero-order valence-electron chi connectivity index (χ0n) is 8.81. The first-order chi connectivity index (χ1) is 7.47. The molecule has 7 heteroatoms. The Morgan fingerprint density at radius 1 is 1.25 bits per heavy atom. The van der Waals surface area contributed by atoms with E-state index in [1.807, 2.05) is 0 Å². The molecule has 0 aromatic carbocycles. The Morgan fingerprint density at radius 3 is 2.38 bits per heavy atom. The average molecular weight is 236 g/mol. The van der Waals surface area contributed by atoms with E-state index >= 15 is 0 Å². The maximum absolute atomic E-state index is 10.4. The van der Waals surface area contributed by atoms with Gasteiger partial charge in [-0.2, -0.15) is 0 Å². The zero-order valence-corrected chi connectivity index (χ0v) is 8.81. The summed E-state index contributed by atoms with van der Waals surface area (Å²) in [6.07, 6.45) is -6.14. The first-order valence-corrected chi connectivity index (χ1v) is 4.91. The maximum Gasteiger partial charge on any atom is 0.303 e. The normalized spacial score (nSPS) is 39.6. The Labute approximate surface area is 92.2 Å². The van der Waals surface area contributed by atoms with Crippen LogP contribution in [-0.4, -0.2) is 64.2 Å². The average Bonchev–Trinajstić information content (AvgIpc) is 2.25. The fourth-order valence-electron chi connectivity index (χ4n) is 1.62. The summed E-state index contributed by atoms with van der Waals surface area (Å²) in [5.41, 5.74) is 0. The van der Waals surface area contributed by atoms with Gasteiger partial charge in [0.15, 0.2) is 6.29 Å². The standard InChI is InChI=1S/C9H16O7/c1-15-9-8(14)7(13)6(12)4(16-9)2-3-5(10)11/h4,6-9,12-14H,2-3H2,1H3,(H,10,11). The van der Waals surface area contributed by atoms with Crippen LogP contribution in [0.1, 0.15) is 12.8 Å². The number of aliphatic hydroxyl groups is 3. The van der Waals surface area contributed by atoms with Crippen LogP contribution in [0.2, 0.25) is 0 Å². The predicted molar refractivity (Wildman–Crippen MR) is 50.6 cm³/mol. The van der Waals surface area contributed by atoms with Crippen molar-refractivity contribution >= 4 is 5.97 Å². The quantitative estimate of drug-likeness (QED) is 0.460. The largest absolute Gasteiger partial charge is 0.481 e. The van der Waals surface area contributed by atoms with Gasteiger partial charge in [-0.1, -0.05) is 0 Å². The van der Waals surface area contributed by atoms with E-state index in [2.05, 4.69) is 0 Å². The highest BCUT2D eigenvalue weighted by Crippen LogP contribution is 2.24. The van der Waals surface area contributed by atoms with Gasteiger partial charge in [0.05, 0.1) is 6.10 Å². The highest BCUT2D eigenvalue weighted by molar-refractivity contribution is 5.66. The summed E-state index contributed by atoms with van der Waals surface area (Å²) in [5, 5.41) is 36.9. The number of hydrogen-bond acceptors (Lipinski definition) is 6. The van der Waals surface area contributed by atoms with Crippen LogP contribution in [0.15, 0.2) is 0 Å². The molecule has 16 heavy (non-hydrogen) atoms.